The Morgan fingerprint density at radius 2 is 2.25 bits per heavy atom. The second kappa shape index (κ2) is 5.80. The van der Waals surface area contributed by atoms with Crippen molar-refractivity contribution in [1.29, 1.82) is 0 Å². The van der Waals surface area contributed by atoms with Gasteiger partial charge in [0.1, 0.15) is 5.82 Å². The second-order valence-corrected chi connectivity index (χ2v) is 3.95. The van der Waals surface area contributed by atoms with Crippen LogP contribution >= 0.6 is 15.9 Å². The Bertz CT molecular complexity index is 427. The second-order valence-electron chi connectivity index (χ2n) is 3.16. The van der Waals surface area contributed by atoms with E-state index in [9.17, 15) is 9.18 Å². The van der Waals surface area contributed by atoms with Crippen molar-refractivity contribution in [2.24, 2.45) is 0 Å². The number of carbonyl (C=O) groups excluding carboxylic acids is 1. The number of ether oxygens (including phenoxy) is 1. The summed E-state index contributed by atoms with van der Waals surface area (Å²) in [6.07, 6.45) is 2.91. The van der Waals surface area contributed by atoms with Gasteiger partial charge in [0.2, 0.25) is 0 Å². The third-order valence-electron chi connectivity index (χ3n) is 2.04. The van der Waals surface area contributed by atoms with E-state index in [0.717, 1.165) is 5.56 Å². The molecule has 0 radical (unpaired) electrons. The highest BCUT2D eigenvalue weighted by Gasteiger charge is 2.05. The van der Waals surface area contributed by atoms with Crippen molar-refractivity contribution in [3.63, 3.8) is 0 Å². The molecule has 0 aliphatic carbocycles. The smallest absolute Gasteiger partial charge is 0.330 e. The molecule has 0 fully saturated rings. The largest absolute Gasteiger partial charge is 0.463 e. The lowest BCUT2D eigenvalue weighted by Gasteiger charge is -2.03. The van der Waals surface area contributed by atoms with E-state index in [-0.39, 0.29) is 5.82 Å². The molecule has 0 heterocycles. The highest BCUT2D eigenvalue weighted by molar-refractivity contribution is 9.10. The van der Waals surface area contributed by atoms with E-state index in [1.165, 1.54) is 12.1 Å². The number of esters is 1. The number of hydrogen-bond donors (Lipinski definition) is 0. The maximum atomic E-state index is 13.1. The van der Waals surface area contributed by atoms with Crippen molar-refractivity contribution < 1.29 is 13.9 Å². The third-order valence-corrected chi connectivity index (χ3v) is 3.09. The fourth-order valence-electron chi connectivity index (χ4n) is 1.16. The summed E-state index contributed by atoms with van der Waals surface area (Å²) >= 11 is 3.28. The van der Waals surface area contributed by atoms with Gasteiger partial charge in [-0.2, -0.15) is 0 Å². The van der Waals surface area contributed by atoms with Gasteiger partial charge in [0.05, 0.1) is 6.61 Å². The predicted molar refractivity (Wildman–Crippen MR) is 64.5 cm³/mol. The molecule has 0 bridgehead atoms. The Morgan fingerprint density at radius 3 is 2.88 bits per heavy atom. The molecule has 0 spiro atoms. The van der Waals surface area contributed by atoms with E-state index in [1.807, 2.05) is 0 Å². The molecule has 0 atom stereocenters. The van der Waals surface area contributed by atoms with Gasteiger partial charge in [-0.15, -0.1) is 0 Å². The molecular weight excluding hydrogens is 275 g/mol. The summed E-state index contributed by atoms with van der Waals surface area (Å²) in [5.41, 5.74) is 1.26. The zero-order valence-electron chi connectivity index (χ0n) is 9.09. The van der Waals surface area contributed by atoms with Crippen LogP contribution in [-0.2, 0) is 9.53 Å². The number of halogens is 2. The number of rotatable bonds is 3. The number of hydrogen-bond acceptors (Lipinski definition) is 2. The van der Waals surface area contributed by atoms with Gasteiger partial charge in [-0.25, -0.2) is 9.18 Å². The van der Waals surface area contributed by atoms with Crippen LogP contribution in [-0.4, -0.2) is 12.6 Å². The Balaban J connectivity index is 2.90. The van der Waals surface area contributed by atoms with Gasteiger partial charge < -0.3 is 4.74 Å². The molecule has 16 heavy (non-hydrogen) atoms. The molecule has 0 amide bonds. The van der Waals surface area contributed by atoms with Crippen LogP contribution in [0.4, 0.5) is 4.39 Å². The van der Waals surface area contributed by atoms with Crippen molar-refractivity contribution in [3.05, 3.63) is 39.6 Å². The van der Waals surface area contributed by atoms with E-state index in [2.05, 4.69) is 15.9 Å². The Kier molecular flexibility index (Phi) is 4.68. The van der Waals surface area contributed by atoms with E-state index < -0.39 is 5.97 Å². The van der Waals surface area contributed by atoms with Crippen LogP contribution in [0.2, 0.25) is 0 Å². The lowest BCUT2D eigenvalue weighted by atomic mass is 10.1. The van der Waals surface area contributed by atoms with Crippen molar-refractivity contribution in [3.8, 4) is 0 Å². The molecule has 1 aromatic carbocycles. The molecule has 1 rings (SSSR count). The zero-order valence-corrected chi connectivity index (χ0v) is 10.7. The maximum absolute atomic E-state index is 13.1. The molecular formula is C12H12BrFO2. The van der Waals surface area contributed by atoms with Crippen molar-refractivity contribution in [2.75, 3.05) is 6.61 Å². The van der Waals surface area contributed by atoms with E-state index >= 15 is 0 Å². The van der Waals surface area contributed by atoms with Crippen molar-refractivity contribution >= 4 is 28.0 Å². The molecule has 0 N–H and O–H groups in total. The summed E-state index contributed by atoms with van der Waals surface area (Å²) in [4.78, 5) is 11.1. The summed E-state index contributed by atoms with van der Waals surface area (Å²) in [7, 11) is 0. The molecule has 86 valence electrons. The van der Waals surface area contributed by atoms with Gasteiger partial charge in [0.25, 0.3) is 0 Å². The van der Waals surface area contributed by atoms with E-state index in [1.54, 1.807) is 26.0 Å². The molecule has 0 saturated carbocycles. The van der Waals surface area contributed by atoms with Gasteiger partial charge in [-0.05, 0) is 53.0 Å². The van der Waals surface area contributed by atoms with Crippen molar-refractivity contribution in [2.45, 2.75) is 13.8 Å². The van der Waals surface area contributed by atoms with Crippen LogP contribution in [0, 0.1) is 12.7 Å². The number of carbonyl (C=O) groups is 1. The summed E-state index contributed by atoms with van der Waals surface area (Å²) in [5, 5.41) is 0. The SMILES string of the molecule is CCOC(=O)/C=C/c1ccc(F)c(C)c1Br. The molecule has 0 aliphatic rings. The van der Waals surface area contributed by atoms with Gasteiger partial charge in [-0.1, -0.05) is 6.07 Å². The summed E-state index contributed by atoms with van der Waals surface area (Å²) < 4.78 is 18.5. The van der Waals surface area contributed by atoms with Crippen LogP contribution in [0.3, 0.4) is 0 Å². The van der Waals surface area contributed by atoms with Crippen LogP contribution in [0.5, 0.6) is 0 Å². The lowest BCUT2D eigenvalue weighted by molar-refractivity contribution is -0.137. The monoisotopic (exact) mass is 286 g/mol. The van der Waals surface area contributed by atoms with Crippen molar-refractivity contribution in [1.82, 2.24) is 0 Å². The lowest BCUT2D eigenvalue weighted by Crippen LogP contribution is -1.98. The van der Waals surface area contributed by atoms with Crippen LogP contribution in [0.25, 0.3) is 6.08 Å². The van der Waals surface area contributed by atoms with Crippen LogP contribution in [0.15, 0.2) is 22.7 Å². The Labute approximate surface area is 102 Å². The van der Waals surface area contributed by atoms with Crippen LogP contribution < -0.4 is 0 Å². The first-order valence-electron chi connectivity index (χ1n) is 4.85. The molecule has 0 saturated heterocycles. The zero-order chi connectivity index (χ0) is 12.1. The molecule has 4 heteroatoms. The third kappa shape index (κ3) is 3.17. The molecule has 1 aromatic rings. The minimum absolute atomic E-state index is 0.278. The highest BCUT2D eigenvalue weighted by atomic mass is 79.9. The average molecular weight is 287 g/mol. The topological polar surface area (TPSA) is 26.3 Å². The van der Waals surface area contributed by atoms with Gasteiger partial charge in [0.15, 0.2) is 0 Å². The first kappa shape index (κ1) is 12.9. The first-order chi connectivity index (χ1) is 7.56. The predicted octanol–water partition coefficient (Wildman–Crippen LogP) is 3.47. The summed E-state index contributed by atoms with van der Waals surface area (Å²) in [5.74, 6) is -0.684. The van der Waals surface area contributed by atoms with E-state index in [0.29, 0.717) is 16.6 Å². The van der Waals surface area contributed by atoms with Crippen LogP contribution in [0.1, 0.15) is 18.1 Å². The highest BCUT2D eigenvalue weighted by Crippen LogP contribution is 2.24. The van der Waals surface area contributed by atoms with Gasteiger partial charge >= 0.3 is 5.97 Å². The molecule has 0 aromatic heterocycles. The molecule has 0 unspecified atom stereocenters. The maximum Gasteiger partial charge on any atom is 0.330 e. The van der Waals surface area contributed by atoms with Gasteiger partial charge in [0, 0.05) is 10.5 Å². The fraction of sp³-hybridized carbons (Fsp3) is 0.250. The Morgan fingerprint density at radius 1 is 1.56 bits per heavy atom. The van der Waals surface area contributed by atoms with Gasteiger partial charge in [-0.3, -0.25) is 0 Å². The average Bonchev–Trinajstić information content (AvgIpc) is 2.25. The normalized spacial score (nSPS) is 10.8. The number of benzene rings is 1. The minimum Gasteiger partial charge on any atom is -0.463 e. The standard InChI is InChI=1S/C12H12BrFO2/c1-3-16-11(15)7-5-9-4-6-10(14)8(2)12(9)13/h4-7H,3H2,1-2H3/b7-5+. The van der Waals surface area contributed by atoms with E-state index in [4.69, 9.17) is 4.74 Å². The quantitative estimate of drug-likeness (QED) is 0.628. The Hall–Kier alpha value is -1.16. The molecule has 0 aliphatic heterocycles. The summed E-state index contributed by atoms with van der Waals surface area (Å²) in [6.45, 7) is 3.75. The minimum atomic E-state index is -0.406. The molecule has 2 nitrogen and oxygen atoms in total. The fourth-order valence-corrected chi connectivity index (χ4v) is 1.61. The summed E-state index contributed by atoms with van der Waals surface area (Å²) in [6, 6.07) is 2.97. The first-order valence-corrected chi connectivity index (χ1v) is 5.65.